The summed E-state index contributed by atoms with van der Waals surface area (Å²) < 4.78 is 0. The lowest BCUT2D eigenvalue weighted by Crippen LogP contribution is -2.01. The summed E-state index contributed by atoms with van der Waals surface area (Å²) in [5.74, 6) is 0. The Kier molecular flexibility index (Phi) is 2.74. The molecular weight excluding hydrogens is 175 g/mol. The third kappa shape index (κ3) is 2.40. The van der Waals surface area contributed by atoms with Gasteiger partial charge >= 0.3 is 0 Å². The predicted octanol–water partition coefficient (Wildman–Crippen LogP) is 2.58. The standard InChI is InChI=1S/C12H10P/c1-3-7-11(8-4-1)13-12-9-5-2-6-10-12/h1-10H. The van der Waals surface area contributed by atoms with Crippen molar-refractivity contribution < 1.29 is 0 Å². The lowest BCUT2D eigenvalue weighted by molar-refractivity contribution is 1.76. The van der Waals surface area contributed by atoms with E-state index in [0.717, 1.165) is 0 Å². The van der Waals surface area contributed by atoms with Crippen LogP contribution in [0.5, 0.6) is 0 Å². The quantitative estimate of drug-likeness (QED) is 0.631. The summed E-state index contributed by atoms with van der Waals surface area (Å²) in [7, 11) is 1.28. The molecule has 0 spiro atoms. The molecule has 2 aromatic carbocycles. The van der Waals surface area contributed by atoms with E-state index in [1.165, 1.54) is 19.2 Å². The third-order valence-electron chi connectivity index (χ3n) is 1.77. The van der Waals surface area contributed by atoms with E-state index in [1.807, 2.05) is 12.1 Å². The molecule has 0 unspecified atom stereocenters. The third-order valence-corrected chi connectivity index (χ3v) is 2.88. The predicted molar refractivity (Wildman–Crippen MR) is 59.1 cm³/mol. The summed E-state index contributed by atoms with van der Waals surface area (Å²) in [6, 6.07) is 21.0. The zero-order valence-corrected chi connectivity index (χ0v) is 8.12. The maximum absolute atomic E-state index is 2.15. The normalized spacial score (nSPS) is 9.85. The monoisotopic (exact) mass is 185 g/mol. The van der Waals surface area contributed by atoms with E-state index in [9.17, 15) is 0 Å². The molecule has 2 aromatic rings. The zero-order valence-electron chi connectivity index (χ0n) is 7.22. The summed E-state index contributed by atoms with van der Waals surface area (Å²) in [6.45, 7) is 0. The van der Waals surface area contributed by atoms with E-state index >= 15 is 0 Å². The van der Waals surface area contributed by atoms with Crippen LogP contribution in [0.25, 0.3) is 0 Å². The SMILES string of the molecule is c1ccc([P]c2ccccc2)cc1. The van der Waals surface area contributed by atoms with Gasteiger partial charge in [-0.3, -0.25) is 0 Å². The van der Waals surface area contributed by atoms with Gasteiger partial charge in [0.05, 0.1) is 0 Å². The van der Waals surface area contributed by atoms with Gasteiger partial charge in [-0.1, -0.05) is 60.7 Å². The number of benzene rings is 2. The van der Waals surface area contributed by atoms with Gasteiger partial charge in [0.15, 0.2) is 0 Å². The van der Waals surface area contributed by atoms with Gasteiger partial charge < -0.3 is 0 Å². The lowest BCUT2D eigenvalue weighted by atomic mass is 10.4. The highest BCUT2D eigenvalue weighted by Gasteiger charge is 1.93. The van der Waals surface area contributed by atoms with Gasteiger partial charge in [0.25, 0.3) is 0 Å². The maximum atomic E-state index is 2.15. The first-order valence-corrected chi connectivity index (χ1v) is 5.16. The van der Waals surface area contributed by atoms with Crippen molar-refractivity contribution in [2.75, 3.05) is 0 Å². The summed E-state index contributed by atoms with van der Waals surface area (Å²) in [6.07, 6.45) is 0. The Hall–Kier alpha value is -1.13. The largest absolute Gasteiger partial charge is 0.0622 e. The van der Waals surface area contributed by atoms with Gasteiger partial charge in [0, 0.05) is 0 Å². The molecule has 0 saturated carbocycles. The minimum atomic E-state index is 1.28. The fourth-order valence-electron chi connectivity index (χ4n) is 1.15. The van der Waals surface area contributed by atoms with Crippen LogP contribution in [0.1, 0.15) is 0 Å². The second kappa shape index (κ2) is 4.20. The minimum Gasteiger partial charge on any atom is -0.0622 e. The van der Waals surface area contributed by atoms with Crippen LogP contribution >= 0.6 is 8.58 Å². The minimum absolute atomic E-state index is 1.28. The van der Waals surface area contributed by atoms with Gasteiger partial charge in [0.2, 0.25) is 0 Å². The molecule has 0 bridgehead atoms. The number of rotatable bonds is 2. The van der Waals surface area contributed by atoms with E-state index in [0.29, 0.717) is 0 Å². The van der Waals surface area contributed by atoms with Crippen molar-refractivity contribution in [3.05, 3.63) is 60.7 Å². The smallest absolute Gasteiger partial charge is 0.0100 e. The first-order chi connectivity index (χ1) is 6.45. The first kappa shape index (κ1) is 8.47. The molecule has 0 aliphatic carbocycles. The van der Waals surface area contributed by atoms with Crippen LogP contribution in [0.4, 0.5) is 0 Å². The lowest BCUT2D eigenvalue weighted by Gasteiger charge is -1.98. The summed E-state index contributed by atoms with van der Waals surface area (Å²) in [5, 5.41) is 2.68. The van der Waals surface area contributed by atoms with Crippen molar-refractivity contribution >= 4 is 19.2 Å². The second-order valence-electron chi connectivity index (χ2n) is 2.78. The van der Waals surface area contributed by atoms with E-state index in [2.05, 4.69) is 48.5 Å². The van der Waals surface area contributed by atoms with Crippen molar-refractivity contribution in [2.45, 2.75) is 0 Å². The molecule has 0 amide bonds. The van der Waals surface area contributed by atoms with E-state index in [-0.39, 0.29) is 0 Å². The van der Waals surface area contributed by atoms with Crippen LogP contribution in [0.2, 0.25) is 0 Å². The molecule has 1 heteroatoms. The Bertz CT molecular complexity index is 316. The van der Waals surface area contributed by atoms with Gasteiger partial charge in [-0.25, -0.2) is 0 Å². The molecule has 0 saturated heterocycles. The Balaban J connectivity index is 2.16. The van der Waals surface area contributed by atoms with Crippen molar-refractivity contribution in [3.8, 4) is 0 Å². The maximum Gasteiger partial charge on any atom is -0.0100 e. The summed E-state index contributed by atoms with van der Waals surface area (Å²) >= 11 is 0. The highest BCUT2D eigenvalue weighted by atomic mass is 31.1. The molecule has 0 aliphatic rings. The Labute approximate surface area is 80.4 Å². The summed E-state index contributed by atoms with van der Waals surface area (Å²) in [5.41, 5.74) is 0. The average molecular weight is 185 g/mol. The van der Waals surface area contributed by atoms with Crippen LogP contribution in [0.15, 0.2) is 60.7 Å². The fourth-order valence-corrected chi connectivity index (χ4v) is 2.09. The van der Waals surface area contributed by atoms with Crippen LogP contribution in [-0.4, -0.2) is 0 Å². The average Bonchev–Trinajstić information content (AvgIpc) is 2.21. The highest BCUT2D eigenvalue weighted by molar-refractivity contribution is 7.55. The molecule has 0 atom stereocenters. The van der Waals surface area contributed by atoms with Gasteiger partial charge in [-0.2, -0.15) is 0 Å². The molecule has 13 heavy (non-hydrogen) atoms. The van der Waals surface area contributed by atoms with Crippen LogP contribution in [0, 0.1) is 0 Å². The molecular formula is C12H10P. The van der Waals surface area contributed by atoms with Crippen molar-refractivity contribution in [1.29, 1.82) is 0 Å². The zero-order chi connectivity index (χ0) is 8.93. The van der Waals surface area contributed by atoms with E-state index in [4.69, 9.17) is 0 Å². The van der Waals surface area contributed by atoms with Crippen molar-refractivity contribution in [3.63, 3.8) is 0 Å². The van der Waals surface area contributed by atoms with Crippen LogP contribution in [0.3, 0.4) is 0 Å². The molecule has 0 heterocycles. The number of hydrogen-bond acceptors (Lipinski definition) is 0. The fraction of sp³-hybridized carbons (Fsp3) is 0. The van der Waals surface area contributed by atoms with Crippen molar-refractivity contribution in [1.82, 2.24) is 0 Å². The first-order valence-electron chi connectivity index (χ1n) is 4.27. The van der Waals surface area contributed by atoms with Crippen molar-refractivity contribution in [2.24, 2.45) is 0 Å². The van der Waals surface area contributed by atoms with Gasteiger partial charge in [-0.15, -0.1) is 0 Å². The molecule has 2 rings (SSSR count). The molecule has 0 aromatic heterocycles. The highest BCUT2D eigenvalue weighted by Crippen LogP contribution is 2.08. The number of hydrogen-bond donors (Lipinski definition) is 0. The Morgan fingerprint density at radius 3 is 1.31 bits per heavy atom. The summed E-state index contributed by atoms with van der Waals surface area (Å²) in [4.78, 5) is 0. The van der Waals surface area contributed by atoms with Gasteiger partial charge in [0.1, 0.15) is 0 Å². The molecule has 63 valence electrons. The van der Waals surface area contributed by atoms with Gasteiger partial charge in [-0.05, 0) is 19.2 Å². The molecule has 0 N–H and O–H groups in total. The Morgan fingerprint density at radius 2 is 0.923 bits per heavy atom. The topological polar surface area (TPSA) is 0 Å². The molecule has 0 aliphatic heterocycles. The molecule has 0 nitrogen and oxygen atoms in total. The van der Waals surface area contributed by atoms with E-state index in [1.54, 1.807) is 0 Å². The molecule has 0 fully saturated rings. The second-order valence-corrected chi connectivity index (χ2v) is 4.04. The Morgan fingerprint density at radius 1 is 0.538 bits per heavy atom. The van der Waals surface area contributed by atoms with Crippen LogP contribution < -0.4 is 10.6 Å². The van der Waals surface area contributed by atoms with Crippen LogP contribution in [-0.2, 0) is 0 Å². The van der Waals surface area contributed by atoms with E-state index < -0.39 is 0 Å². The molecule has 1 radical (unpaired) electrons.